The second-order valence-corrected chi connectivity index (χ2v) is 8.09. The molecule has 0 aromatic heterocycles. The first-order valence-corrected chi connectivity index (χ1v) is 11.2. The first-order chi connectivity index (χ1) is 15.7. The summed E-state index contributed by atoms with van der Waals surface area (Å²) in [4.78, 5) is 17.0. The van der Waals surface area contributed by atoms with Crippen molar-refractivity contribution in [3.05, 3.63) is 90.5 Å². The fraction of sp³-hybridized carbons (Fsp3) is 0.259. The highest BCUT2D eigenvalue weighted by atomic mass is 16.2. The summed E-state index contributed by atoms with van der Waals surface area (Å²) in [6, 6.07) is 29.0. The lowest BCUT2D eigenvalue weighted by Crippen LogP contribution is -2.47. The van der Waals surface area contributed by atoms with Crippen molar-refractivity contribution in [1.29, 1.82) is 0 Å². The molecule has 4 rings (SSSR count). The van der Waals surface area contributed by atoms with Crippen LogP contribution in [0.2, 0.25) is 0 Å². The molecule has 164 valence electrons. The van der Waals surface area contributed by atoms with Gasteiger partial charge in [-0.2, -0.15) is 5.10 Å². The lowest BCUT2D eigenvalue weighted by molar-refractivity contribution is -0.121. The maximum Gasteiger partial charge on any atom is 0.241 e. The van der Waals surface area contributed by atoms with Crippen molar-refractivity contribution >= 4 is 17.3 Å². The van der Waals surface area contributed by atoms with Crippen LogP contribution in [0.25, 0.3) is 11.1 Å². The summed E-state index contributed by atoms with van der Waals surface area (Å²) in [6.07, 6.45) is 0.453. The van der Waals surface area contributed by atoms with Crippen LogP contribution in [0.3, 0.4) is 0 Å². The fourth-order valence-corrected chi connectivity index (χ4v) is 3.93. The molecule has 0 radical (unpaired) electrons. The van der Waals surface area contributed by atoms with Crippen LogP contribution in [0.4, 0.5) is 5.69 Å². The topological polar surface area (TPSA) is 47.9 Å². The Labute approximate surface area is 190 Å². The second-order valence-electron chi connectivity index (χ2n) is 8.09. The molecule has 5 heteroatoms. The summed E-state index contributed by atoms with van der Waals surface area (Å²) in [5.41, 5.74) is 8.14. The van der Waals surface area contributed by atoms with Gasteiger partial charge in [-0.1, -0.05) is 72.8 Å². The molecule has 3 aromatic rings. The van der Waals surface area contributed by atoms with Crippen molar-refractivity contribution in [2.75, 3.05) is 37.6 Å². The van der Waals surface area contributed by atoms with Gasteiger partial charge >= 0.3 is 0 Å². The average Bonchev–Trinajstić information content (AvgIpc) is 2.87. The number of carbonyl (C=O) groups is 1. The predicted octanol–water partition coefficient (Wildman–Crippen LogP) is 4.41. The summed E-state index contributed by atoms with van der Waals surface area (Å²) in [5.74, 6) is -0.0456. The molecule has 1 aliphatic rings. The number of nitrogens with zero attached hydrogens (tertiary/aromatic N) is 3. The zero-order valence-electron chi connectivity index (χ0n) is 18.6. The third-order valence-corrected chi connectivity index (χ3v) is 5.91. The van der Waals surface area contributed by atoms with Gasteiger partial charge in [0.25, 0.3) is 0 Å². The van der Waals surface area contributed by atoms with E-state index in [1.54, 1.807) is 0 Å². The van der Waals surface area contributed by atoms with Gasteiger partial charge in [0.2, 0.25) is 5.91 Å². The monoisotopic (exact) mass is 426 g/mol. The normalized spacial score (nSPS) is 14.9. The van der Waals surface area contributed by atoms with E-state index in [4.69, 9.17) is 0 Å². The lowest BCUT2D eigenvalue weighted by Gasteiger charge is -2.36. The van der Waals surface area contributed by atoms with Crippen LogP contribution in [0, 0.1) is 0 Å². The predicted molar refractivity (Wildman–Crippen MR) is 132 cm³/mol. The van der Waals surface area contributed by atoms with Gasteiger partial charge < -0.3 is 4.90 Å². The molecule has 1 heterocycles. The van der Waals surface area contributed by atoms with E-state index in [-0.39, 0.29) is 5.91 Å². The van der Waals surface area contributed by atoms with Crippen LogP contribution in [-0.4, -0.2) is 49.2 Å². The van der Waals surface area contributed by atoms with Crippen molar-refractivity contribution in [3.63, 3.8) is 0 Å². The van der Waals surface area contributed by atoms with Gasteiger partial charge in [-0.05, 0) is 35.7 Å². The molecular weight excluding hydrogens is 396 g/mol. The van der Waals surface area contributed by atoms with Crippen LogP contribution < -0.4 is 10.3 Å². The van der Waals surface area contributed by atoms with Crippen molar-refractivity contribution in [2.24, 2.45) is 5.10 Å². The molecule has 1 amide bonds. The van der Waals surface area contributed by atoms with E-state index in [0.717, 1.165) is 44.0 Å². The Morgan fingerprint density at radius 3 is 2.06 bits per heavy atom. The highest BCUT2D eigenvalue weighted by Gasteiger charge is 2.17. The summed E-state index contributed by atoms with van der Waals surface area (Å²) >= 11 is 0. The smallest absolute Gasteiger partial charge is 0.241 e. The number of para-hydroxylation sites is 1. The molecule has 3 aromatic carbocycles. The van der Waals surface area contributed by atoms with Crippen LogP contribution in [0.15, 0.2) is 90.0 Å². The molecule has 0 aliphatic carbocycles. The third-order valence-electron chi connectivity index (χ3n) is 5.91. The number of hydrogen-bond donors (Lipinski definition) is 1. The quantitative estimate of drug-likeness (QED) is 0.450. The SMILES string of the molecule is C/C(=N\NC(=O)CCN1CCN(c2ccccc2)CC1)c1ccc(-c2ccccc2)cc1. The van der Waals surface area contributed by atoms with Crippen LogP contribution in [0.5, 0.6) is 0 Å². The summed E-state index contributed by atoms with van der Waals surface area (Å²) in [5, 5.41) is 4.30. The standard InChI is InChI=1S/C27H30N4O/c1-22(23-12-14-25(15-13-23)24-8-4-2-5-9-24)28-29-27(32)16-17-30-18-20-31(21-19-30)26-10-6-3-7-11-26/h2-15H,16-21H2,1H3,(H,29,32)/b28-22+. The number of anilines is 1. The minimum absolute atomic E-state index is 0.0456. The van der Waals surface area contributed by atoms with Gasteiger partial charge in [-0.25, -0.2) is 5.43 Å². The Hall–Kier alpha value is -3.44. The zero-order valence-corrected chi connectivity index (χ0v) is 18.6. The maximum absolute atomic E-state index is 12.3. The van der Waals surface area contributed by atoms with Gasteiger partial charge in [0.15, 0.2) is 0 Å². The Morgan fingerprint density at radius 2 is 1.41 bits per heavy atom. The van der Waals surface area contributed by atoms with Crippen LogP contribution in [-0.2, 0) is 4.79 Å². The minimum Gasteiger partial charge on any atom is -0.369 e. The molecule has 0 spiro atoms. The Kier molecular flexibility index (Phi) is 7.31. The number of amides is 1. The van der Waals surface area contributed by atoms with E-state index in [1.807, 2.05) is 43.3 Å². The van der Waals surface area contributed by atoms with E-state index < -0.39 is 0 Å². The molecule has 0 unspecified atom stereocenters. The molecule has 0 bridgehead atoms. The molecule has 32 heavy (non-hydrogen) atoms. The summed E-state index contributed by atoms with van der Waals surface area (Å²) in [6.45, 7) is 6.59. The first kappa shape index (κ1) is 21.8. The van der Waals surface area contributed by atoms with Gasteiger partial charge in [-0.15, -0.1) is 0 Å². The highest BCUT2D eigenvalue weighted by molar-refractivity contribution is 5.99. The van der Waals surface area contributed by atoms with Gasteiger partial charge in [0.1, 0.15) is 0 Å². The zero-order chi connectivity index (χ0) is 22.2. The number of piperazine rings is 1. The fourth-order valence-electron chi connectivity index (χ4n) is 3.93. The van der Waals surface area contributed by atoms with Crippen LogP contribution >= 0.6 is 0 Å². The largest absolute Gasteiger partial charge is 0.369 e. The van der Waals surface area contributed by atoms with Crippen molar-refractivity contribution in [2.45, 2.75) is 13.3 Å². The molecule has 1 saturated heterocycles. The number of nitrogens with one attached hydrogen (secondary N) is 1. The van der Waals surface area contributed by atoms with Crippen molar-refractivity contribution in [1.82, 2.24) is 10.3 Å². The van der Waals surface area contributed by atoms with Crippen LogP contribution in [0.1, 0.15) is 18.9 Å². The number of hydrogen-bond acceptors (Lipinski definition) is 4. The number of hydrazone groups is 1. The lowest BCUT2D eigenvalue weighted by atomic mass is 10.0. The highest BCUT2D eigenvalue weighted by Crippen LogP contribution is 2.19. The number of carbonyl (C=O) groups excluding carboxylic acids is 1. The van der Waals surface area contributed by atoms with Crippen molar-refractivity contribution < 1.29 is 4.79 Å². The summed E-state index contributed by atoms with van der Waals surface area (Å²) < 4.78 is 0. The minimum atomic E-state index is -0.0456. The number of rotatable bonds is 7. The molecule has 0 saturated carbocycles. The molecule has 1 N–H and O–H groups in total. The molecule has 0 atom stereocenters. The van der Waals surface area contributed by atoms with Gasteiger partial charge in [0.05, 0.1) is 5.71 Å². The van der Waals surface area contributed by atoms with Crippen molar-refractivity contribution in [3.8, 4) is 11.1 Å². The van der Waals surface area contributed by atoms with E-state index in [1.165, 1.54) is 16.8 Å². The number of benzene rings is 3. The maximum atomic E-state index is 12.3. The van der Waals surface area contributed by atoms with Gasteiger partial charge in [-0.3, -0.25) is 9.69 Å². The Morgan fingerprint density at radius 1 is 0.812 bits per heavy atom. The Balaban J connectivity index is 1.21. The molecular formula is C27H30N4O. The van der Waals surface area contributed by atoms with E-state index in [0.29, 0.717) is 6.42 Å². The Bertz CT molecular complexity index is 1020. The average molecular weight is 427 g/mol. The molecule has 1 aliphatic heterocycles. The molecule has 5 nitrogen and oxygen atoms in total. The van der Waals surface area contributed by atoms with E-state index >= 15 is 0 Å². The third kappa shape index (κ3) is 5.83. The summed E-state index contributed by atoms with van der Waals surface area (Å²) in [7, 11) is 0. The molecule has 1 fully saturated rings. The van der Waals surface area contributed by atoms with Gasteiger partial charge in [0, 0.05) is 44.8 Å². The van der Waals surface area contributed by atoms with E-state index in [9.17, 15) is 4.79 Å². The van der Waals surface area contributed by atoms with E-state index in [2.05, 4.69) is 68.9 Å². The second kappa shape index (κ2) is 10.7. The first-order valence-electron chi connectivity index (χ1n) is 11.2.